The molecule has 0 bridgehead atoms. The number of carbonyl (C=O) groups is 1. The average molecular weight is 339 g/mol. The van der Waals surface area contributed by atoms with Gasteiger partial charge in [0.2, 0.25) is 5.91 Å². The Morgan fingerprint density at radius 2 is 1.56 bits per heavy atom. The standard InChI is InChI=1S/C19H21N3O3/c20-22-21-19(24)17-7-5-15(6-8-17)16-9-11-18(12-10-16)25-14-4-2-1-3-13-23/h5-12,23H,1-4,13-14H2. The van der Waals surface area contributed by atoms with Gasteiger partial charge in [-0.2, -0.15) is 0 Å². The van der Waals surface area contributed by atoms with E-state index >= 15 is 0 Å². The van der Waals surface area contributed by atoms with Crippen molar-refractivity contribution in [3.05, 3.63) is 64.5 Å². The van der Waals surface area contributed by atoms with Crippen LogP contribution in [0.2, 0.25) is 0 Å². The maximum absolute atomic E-state index is 11.5. The molecule has 0 aliphatic heterocycles. The predicted molar refractivity (Wildman–Crippen MR) is 96.4 cm³/mol. The zero-order valence-corrected chi connectivity index (χ0v) is 14.0. The molecule has 25 heavy (non-hydrogen) atoms. The van der Waals surface area contributed by atoms with Gasteiger partial charge in [0.05, 0.1) is 6.61 Å². The second kappa shape index (κ2) is 10.1. The van der Waals surface area contributed by atoms with Crippen molar-refractivity contribution in [1.82, 2.24) is 0 Å². The number of unbranched alkanes of at least 4 members (excludes halogenated alkanes) is 3. The summed E-state index contributed by atoms with van der Waals surface area (Å²) in [6.45, 7) is 0.921. The van der Waals surface area contributed by atoms with Crippen LogP contribution in [0.1, 0.15) is 36.0 Å². The van der Waals surface area contributed by atoms with Crippen LogP contribution in [0.4, 0.5) is 0 Å². The molecule has 6 heteroatoms. The van der Waals surface area contributed by atoms with Crippen LogP contribution in [0.15, 0.2) is 53.6 Å². The lowest BCUT2D eigenvalue weighted by molar-refractivity contribution is 0.100. The van der Waals surface area contributed by atoms with Crippen LogP contribution >= 0.6 is 0 Å². The molecule has 2 aromatic rings. The number of rotatable bonds is 9. The molecule has 0 heterocycles. The van der Waals surface area contributed by atoms with E-state index in [0.29, 0.717) is 12.2 Å². The molecular weight excluding hydrogens is 318 g/mol. The number of benzene rings is 2. The quantitative estimate of drug-likeness (QED) is 0.309. The zero-order valence-electron chi connectivity index (χ0n) is 14.0. The summed E-state index contributed by atoms with van der Waals surface area (Å²) in [6, 6.07) is 14.7. The number of aliphatic hydroxyl groups excluding tert-OH is 1. The van der Waals surface area contributed by atoms with E-state index in [-0.39, 0.29) is 6.61 Å². The molecule has 2 rings (SSSR count). The first-order valence-electron chi connectivity index (χ1n) is 8.28. The van der Waals surface area contributed by atoms with Crippen LogP contribution < -0.4 is 4.74 Å². The maximum atomic E-state index is 11.5. The van der Waals surface area contributed by atoms with Gasteiger partial charge in [-0.1, -0.05) is 42.8 Å². The molecule has 1 N–H and O–H groups in total. The van der Waals surface area contributed by atoms with Crippen molar-refractivity contribution in [1.29, 1.82) is 0 Å². The molecule has 0 atom stereocenters. The topological polar surface area (TPSA) is 95.3 Å². The third-order valence-corrected chi connectivity index (χ3v) is 3.78. The lowest BCUT2D eigenvalue weighted by atomic mass is 10.0. The molecule has 130 valence electrons. The van der Waals surface area contributed by atoms with Crippen molar-refractivity contribution in [3.8, 4) is 16.9 Å². The average Bonchev–Trinajstić information content (AvgIpc) is 2.65. The Kier molecular flexibility index (Phi) is 7.50. The van der Waals surface area contributed by atoms with E-state index in [9.17, 15) is 4.79 Å². The van der Waals surface area contributed by atoms with Gasteiger partial charge in [-0.25, -0.2) is 0 Å². The van der Waals surface area contributed by atoms with Gasteiger partial charge in [0.25, 0.3) is 0 Å². The Labute approximate surface area is 146 Å². The summed E-state index contributed by atoms with van der Waals surface area (Å²) in [5, 5.41) is 11.8. The van der Waals surface area contributed by atoms with Crippen LogP contribution in [0.25, 0.3) is 21.6 Å². The number of nitrogens with zero attached hydrogens (tertiary/aromatic N) is 3. The van der Waals surface area contributed by atoms with Gasteiger partial charge in [-0.3, -0.25) is 4.79 Å². The Morgan fingerprint density at radius 1 is 0.960 bits per heavy atom. The van der Waals surface area contributed by atoms with Crippen molar-refractivity contribution in [2.24, 2.45) is 5.11 Å². The summed E-state index contributed by atoms with van der Waals surface area (Å²) in [6.07, 6.45) is 3.90. The first kappa shape index (κ1) is 18.5. The molecule has 0 saturated heterocycles. The van der Waals surface area contributed by atoms with Gasteiger partial charge in [0.1, 0.15) is 5.75 Å². The minimum Gasteiger partial charge on any atom is -0.494 e. The molecule has 2 aromatic carbocycles. The Morgan fingerprint density at radius 3 is 2.16 bits per heavy atom. The van der Waals surface area contributed by atoms with Crippen molar-refractivity contribution in [2.45, 2.75) is 25.7 Å². The highest BCUT2D eigenvalue weighted by molar-refractivity contribution is 5.95. The number of ether oxygens (including phenoxy) is 1. The molecule has 6 nitrogen and oxygen atoms in total. The van der Waals surface area contributed by atoms with Crippen molar-refractivity contribution in [2.75, 3.05) is 13.2 Å². The smallest absolute Gasteiger partial charge is 0.249 e. The van der Waals surface area contributed by atoms with Gasteiger partial charge in [-0.05, 0) is 53.2 Å². The Bertz CT molecular complexity index is 721. The summed E-state index contributed by atoms with van der Waals surface area (Å²) in [4.78, 5) is 14.0. The molecule has 0 aliphatic carbocycles. The fraction of sp³-hybridized carbons (Fsp3) is 0.316. The lowest BCUT2D eigenvalue weighted by Gasteiger charge is -2.08. The third-order valence-electron chi connectivity index (χ3n) is 3.78. The van der Waals surface area contributed by atoms with E-state index in [4.69, 9.17) is 15.4 Å². The van der Waals surface area contributed by atoms with Gasteiger partial charge in [0.15, 0.2) is 0 Å². The molecular formula is C19H21N3O3. The van der Waals surface area contributed by atoms with E-state index in [1.807, 2.05) is 36.4 Å². The monoisotopic (exact) mass is 339 g/mol. The molecule has 0 unspecified atom stereocenters. The highest BCUT2D eigenvalue weighted by atomic mass is 16.5. The van der Waals surface area contributed by atoms with Crippen LogP contribution in [-0.4, -0.2) is 24.2 Å². The number of amides is 1. The second-order valence-electron chi connectivity index (χ2n) is 5.58. The molecule has 0 saturated carbocycles. The van der Waals surface area contributed by atoms with E-state index < -0.39 is 5.91 Å². The lowest BCUT2D eigenvalue weighted by Crippen LogP contribution is -1.97. The Balaban J connectivity index is 1.89. The SMILES string of the molecule is [N-]=[N+]=NC(=O)c1ccc(-c2ccc(OCCCCCCO)cc2)cc1. The van der Waals surface area contributed by atoms with E-state index in [0.717, 1.165) is 42.6 Å². The highest BCUT2D eigenvalue weighted by Crippen LogP contribution is 2.23. The first-order valence-corrected chi connectivity index (χ1v) is 8.28. The Hall–Kier alpha value is -2.82. The molecule has 0 fully saturated rings. The van der Waals surface area contributed by atoms with Crippen LogP contribution in [0.3, 0.4) is 0 Å². The van der Waals surface area contributed by atoms with Gasteiger partial charge in [0, 0.05) is 17.1 Å². The van der Waals surface area contributed by atoms with E-state index in [1.165, 1.54) is 0 Å². The van der Waals surface area contributed by atoms with Gasteiger partial charge >= 0.3 is 0 Å². The molecule has 0 aliphatic rings. The largest absolute Gasteiger partial charge is 0.494 e. The molecule has 1 amide bonds. The van der Waals surface area contributed by atoms with E-state index in [2.05, 4.69) is 10.0 Å². The summed E-state index contributed by atoms with van der Waals surface area (Å²) in [5.41, 5.74) is 10.6. The minimum absolute atomic E-state index is 0.253. The number of carbonyl (C=O) groups excluding carboxylic acids is 1. The third kappa shape index (κ3) is 5.95. The number of azide groups is 1. The number of hydrogen-bond acceptors (Lipinski definition) is 3. The summed E-state index contributed by atoms with van der Waals surface area (Å²) in [5.74, 6) is 0.234. The second-order valence-corrected chi connectivity index (χ2v) is 5.58. The summed E-state index contributed by atoms with van der Waals surface area (Å²) >= 11 is 0. The maximum Gasteiger partial charge on any atom is 0.249 e. The van der Waals surface area contributed by atoms with Gasteiger partial charge < -0.3 is 9.84 Å². The normalized spacial score (nSPS) is 10.1. The number of hydrogen-bond donors (Lipinski definition) is 1. The van der Waals surface area contributed by atoms with E-state index in [1.54, 1.807) is 12.1 Å². The summed E-state index contributed by atoms with van der Waals surface area (Å²) < 4.78 is 5.70. The van der Waals surface area contributed by atoms with Crippen LogP contribution in [0, 0.1) is 0 Å². The predicted octanol–water partition coefficient (Wildman–Crippen LogP) is 4.74. The van der Waals surface area contributed by atoms with Crippen molar-refractivity contribution in [3.63, 3.8) is 0 Å². The molecule has 0 aromatic heterocycles. The molecule has 0 radical (unpaired) electrons. The fourth-order valence-electron chi connectivity index (χ4n) is 2.40. The minimum atomic E-state index is -0.586. The highest BCUT2D eigenvalue weighted by Gasteiger charge is 2.04. The zero-order chi connectivity index (χ0) is 17.9. The fourth-order valence-corrected chi connectivity index (χ4v) is 2.40. The van der Waals surface area contributed by atoms with Crippen LogP contribution in [-0.2, 0) is 0 Å². The van der Waals surface area contributed by atoms with Gasteiger partial charge in [-0.15, -0.1) is 0 Å². The van der Waals surface area contributed by atoms with Crippen LogP contribution in [0.5, 0.6) is 5.75 Å². The summed E-state index contributed by atoms with van der Waals surface area (Å²) in [7, 11) is 0. The van der Waals surface area contributed by atoms with Crippen molar-refractivity contribution < 1.29 is 14.6 Å². The number of aliphatic hydroxyl groups is 1. The van der Waals surface area contributed by atoms with Crippen molar-refractivity contribution >= 4 is 5.91 Å². The molecule has 0 spiro atoms. The first-order chi connectivity index (χ1) is 12.2.